The van der Waals surface area contributed by atoms with E-state index in [1.54, 1.807) is 4.90 Å². The van der Waals surface area contributed by atoms with Crippen molar-refractivity contribution in [2.45, 2.75) is 45.3 Å². The van der Waals surface area contributed by atoms with Gasteiger partial charge in [0.15, 0.2) is 11.5 Å². The number of halogens is 1. The molecule has 2 rings (SSSR count). The van der Waals surface area contributed by atoms with E-state index in [0.29, 0.717) is 18.0 Å². The van der Waals surface area contributed by atoms with Crippen molar-refractivity contribution in [2.24, 2.45) is 0 Å². The summed E-state index contributed by atoms with van der Waals surface area (Å²) in [6.45, 7) is 6.43. The molecule has 1 saturated heterocycles. The standard InChI is InChI=1S/C17H24FNO4/c1-17(2,3)23-16(20)19-9-5-6-13(19)11-22-15-10-12(18)7-8-14(15)21-4/h7-8,10,13H,5-6,9,11H2,1-4H3/t13-/m1/s1. The number of methoxy groups -OCH3 is 1. The van der Waals surface area contributed by atoms with E-state index in [1.807, 2.05) is 20.8 Å². The molecule has 0 unspecified atom stereocenters. The van der Waals surface area contributed by atoms with Crippen molar-refractivity contribution in [1.82, 2.24) is 4.90 Å². The van der Waals surface area contributed by atoms with Crippen LogP contribution in [0.1, 0.15) is 33.6 Å². The molecule has 5 nitrogen and oxygen atoms in total. The highest BCUT2D eigenvalue weighted by Gasteiger charge is 2.32. The van der Waals surface area contributed by atoms with E-state index in [2.05, 4.69) is 0 Å². The Morgan fingerprint density at radius 1 is 1.35 bits per heavy atom. The van der Waals surface area contributed by atoms with E-state index in [-0.39, 0.29) is 18.7 Å². The van der Waals surface area contributed by atoms with Gasteiger partial charge in [-0.2, -0.15) is 0 Å². The molecule has 1 aliphatic rings. The molecule has 1 aliphatic heterocycles. The number of benzene rings is 1. The second kappa shape index (κ2) is 7.06. The van der Waals surface area contributed by atoms with Gasteiger partial charge in [-0.25, -0.2) is 9.18 Å². The van der Waals surface area contributed by atoms with Crippen LogP contribution in [0.4, 0.5) is 9.18 Å². The molecule has 0 aromatic heterocycles. The van der Waals surface area contributed by atoms with Crippen molar-refractivity contribution in [3.63, 3.8) is 0 Å². The van der Waals surface area contributed by atoms with E-state index in [9.17, 15) is 9.18 Å². The molecule has 0 radical (unpaired) electrons. The molecule has 0 aliphatic carbocycles. The van der Waals surface area contributed by atoms with Gasteiger partial charge in [0.25, 0.3) is 0 Å². The third-order valence-corrected chi connectivity index (χ3v) is 3.56. The first-order valence-electron chi connectivity index (χ1n) is 7.76. The largest absolute Gasteiger partial charge is 0.493 e. The summed E-state index contributed by atoms with van der Waals surface area (Å²) >= 11 is 0. The Balaban J connectivity index is 1.99. The van der Waals surface area contributed by atoms with Crippen LogP contribution in [0.15, 0.2) is 18.2 Å². The molecule has 0 saturated carbocycles. The van der Waals surface area contributed by atoms with Crippen molar-refractivity contribution in [3.8, 4) is 11.5 Å². The lowest BCUT2D eigenvalue weighted by Crippen LogP contribution is -2.42. The third-order valence-electron chi connectivity index (χ3n) is 3.56. The van der Waals surface area contributed by atoms with Crippen LogP contribution in [0, 0.1) is 5.82 Å². The minimum atomic E-state index is -0.531. The van der Waals surface area contributed by atoms with E-state index < -0.39 is 11.4 Å². The molecule has 1 aromatic carbocycles. The summed E-state index contributed by atoms with van der Waals surface area (Å²) in [5.74, 6) is 0.410. The van der Waals surface area contributed by atoms with Crippen LogP contribution in [0.25, 0.3) is 0 Å². The number of carbonyl (C=O) groups is 1. The maximum Gasteiger partial charge on any atom is 0.410 e. The van der Waals surface area contributed by atoms with E-state index in [0.717, 1.165) is 12.8 Å². The van der Waals surface area contributed by atoms with Crippen LogP contribution >= 0.6 is 0 Å². The average Bonchev–Trinajstić information content (AvgIpc) is 2.92. The second-order valence-corrected chi connectivity index (χ2v) is 6.58. The molecule has 1 aromatic rings. The van der Waals surface area contributed by atoms with Crippen molar-refractivity contribution >= 4 is 6.09 Å². The summed E-state index contributed by atoms with van der Waals surface area (Å²) in [6.07, 6.45) is 1.39. The first kappa shape index (κ1) is 17.4. The minimum absolute atomic E-state index is 0.0853. The van der Waals surface area contributed by atoms with Gasteiger partial charge in [-0.05, 0) is 45.7 Å². The summed E-state index contributed by atoms with van der Waals surface area (Å²) in [6, 6.07) is 4.03. The van der Waals surface area contributed by atoms with Crippen LogP contribution in [0.2, 0.25) is 0 Å². The lowest BCUT2D eigenvalue weighted by molar-refractivity contribution is 0.0186. The summed E-state index contributed by atoms with van der Waals surface area (Å²) < 4.78 is 29.6. The maximum atomic E-state index is 13.4. The Bertz CT molecular complexity index is 556. The van der Waals surface area contributed by atoms with E-state index in [4.69, 9.17) is 14.2 Å². The lowest BCUT2D eigenvalue weighted by atomic mass is 10.2. The highest BCUT2D eigenvalue weighted by Crippen LogP contribution is 2.29. The second-order valence-electron chi connectivity index (χ2n) is 6.58. The first-order chi connectivity index (χ1) is 10.8. The number of hydrogen-bond acceptors (Lipinski definition) is 4. The fourth-order valence-electron chi connectivity index (χ4n) is 2.52. The predicted molar refractivity (Wildman–Crippen MR) is 84.4 cm³/mol. The molecule has 1 atom stereocenters. The Kier molecular flexibility index (Phi) is 5.34. The molecule has 0 spiro atoms. The summed E-state index contributed by atoms with van der Waals surface area (Å²) in [7, 11) is 1.50. The third kappa shape index (κ3) is 4.74. The van der Waals surface area contributed by atoms with Gasteiger partial charge in [-0.15, -0.1) is 0 Å². The van der Waals surface area contributed by atoms with Crippen molar-refractivity contribution in [3.05, 3.63) is 24.0 Å². The quantitative estimate of drug-likeness (QED) is 0.848. The van der Waals surface area contributed by atoms with Gasteiger partial charge in [-0.3, -0.25) is 0 Å². The Labute approximate surface area is 136 Å². The van der Waals surface area contributed by atoms with Crippen LogP contribution in [-0.2, 0) is 4.74 Å². The minimum Gasteiger partial charge on any atom is -0.493 e. The molecular formula is C17H24FNO4. The van der Waals surface area contributed by atoms with Gasteiger partial charge in [0, 0.05) is 12.6 Å². The zero-order valence-electron chi connectivity index (χ0n) is 14.1. The fraction of sp³-hybridized carbons (Fsp3) is 0.588. The maximum absolute atomic E-state index is 13.4. The number of nitrogens with zero attached hydrogens (tertiary/aromatic N) is 1. The van der Waals surface area contributed by atoms with Gasteiger partial charge < -0.3 is 19.1 Å². The molecule has 128 valence electrons. The summed E-state index contributed by atoms with van der Waals surface area (Å²) in [5.41, 5.74) is -0.531. The van der Waals surface area contributed by atoms with E-state index >= 15 is 0 Å². The Morgan fingerprint density at radius 3 is 2.74 bits per heavy atom. The predicted octanol–water partition coefficient (Wildman–Crippen LogP) is 3.61. The molecule has 1 heterocycles. The molecular weight excluding hydrogens is 301 g/mol. The van der Waals surface area contributed by atoms with Crippen molar-refractivity contribution in [2.75, 3.05) is 20.3 Å². The summed E-state index contributed by atoms with van der Waals surface area (Å²) in [5, 5.41) is 0. The zero-order chi connectivity index (χ0) is 17.0. The normalized spacial score (nSPS) is 18.0. The Hall–Kier alpha value is -1.98. The van der Waals surface area contributed by atoms with Gasteiger partial charge >= 0.3 is 6.09 Å². The average molecular weight is 325 g/mol. The summed E-state index contributed by atoms with van der Waals surface area (Å²) in [4.78, 5) is 13.9. The number of hydrogen-bond donors (Lipinski definition) is 0. The van der Waals surface area contributed by atoms with Crippen LogP contribution in [-0.4, -0.2) is 42.9 Å². The number of likely N-dealkylation sites (tertiary alicyclic amines) is 1. The van der Waals surface area contributed by atoms with Crippen LogP contribution in [0.3, 0.4) is 0 Å². The number of ether oxygens (including phenoxy) is 3. The smallest absolute Gasteiger partial charge is 0.410 e. The van der Waals surface area contributed by atoms with Gasteiger partial charge in [0.1, 0.15) is 18.0 Å². The number of carbonyl (C=O) groups excluding carboxylic acids is 1. The van der Waals surface area contributed by atoms with Gasteiger partial charge in [0.05, 0.1) is 13.2 Å². The number of amides is 1. The molecule has 1 amide bonds. The topological polar surface area (TPSA) is 48.0 Å². The molecule has 23 heavy (non-hydrogen) atoms. The molecule has 0 N–H and O–H groups in total. The molecule has 1 fully saturated rings. The van der Waals surface area contributed by atoms with E-state index in [1.165, 1.54) is 25.3 Å². The molecule has 0 bridgehead atoms. The fourth-order valence-corrected chi connectivity index (χ4v) is 2.52. The highest BCUT2D eigenvalue weighted by molar-refractivity contribution is 5.69. The zero-order valence-corrected chi connectivity index (χ0v) is 14.1. The van der Waals surface area contributed by atoms with Gasteiger partial charge in [-0.1, -0.05) is 0 Å². The highest BCUT2D eigenvalue weighted by atomic mass is 19.1. The van der Waals surface area contributed by atoms with Crippen molar-refractivity contribution in [1.29, 1.82) is 0 Å². The first-order valence-corrected chi connectivity index (χ1v) is 7.76. The number of rotatable bonds is 4. The Morgan fingerprint density at radius 2 is 2.09 bits per heavy atom. The van der Waals surface area contributed by atoms with Crippen LogP contribution < -0.4 is 9.47 Å². The van der Waals surface area contributed by atoms with Crippen molar-refractivity contribution < 1.29 is 23.4 Å². The SMILES string of the molecule is COc1ccc(F)cc1OC[C@H]1CCCN1C(=O)OC(C)(C)C. The van der Waals surface area contributed by atoms with Gasteiger partial charge in [0.2, 0.25) is 0 Å². The molecule has 6 heteroatoms. The van der Waals surface area contributed by atoms with Crippen LogP contribution in [0.5, 0.6) is 11.5 Å². The lowest BCUT2D eigenvalue weighted by Gasteiger charge is -2.28. The monoisotopic (exact) mass is 325 g/mol.